The number of aromatic nitrogens is 6. The molecule has 0 aliphatic rings. The maximum atomic E-state index is 13.9. The molecule has 0 aromatic carbocycles. The average Bonchev–Trinajstić information content (AvgIpc) is 3.30. The molecule has 0 amide bonds. The highest BCUT2D eigenvalue weighted by atomic mass is 19.4. The molecule has 0 bridgehead atoms. The van der Waals surface area contributed by atoms with Crippen LogP contribution in [0.2, 0.25) is 0 Å². The molecular formula is C19H14F6N6O. The molecule has 0 atom stereocenters. The summed E-state index contributed by atoms with van der Waals surface area (Å²) in [6.45, 7) is 0.974. The van der Waals surface area contributed by atoms with Gasteiger partial charge in [0.25, 0.3) is 5.56 Å². The van der Waals surface area contributed by atoms with Crippen LogP contribution in [-0.4, -0.2) is 34.9 Å². The number of alkyl halides is 6. The molecule has 0 aliphatic carbocycles. The van der Waals surface area contributed by atoms with Crippen molar-refractivity contribution in [2.24, 2.45) is 0 Å². The third kappa shape index (κ3) is 3.97. The standard InChI is InChI=1S/C19H14F6N6O/c1-11-9-30-16(32)14(12-8-27-29(10-12)7-5-18(20,21)22)15(19(23,24)25)28-17(30)31(11)13-4-2-3-6-26-13/h2-4,6,8-10H,5,7H2,1H3. The minimum Gasteiger partial charge on any atom is -0.272 e. The largest absolute Gasteiger partial charge is 0.434 e. The van der Waals surface area contributed by atoms with Crippen molar-refractivity contribution in [3.8, 4) is 16.9 Å². The Morgan fingerprint density at radius 1 is 1.06 bits per heavy atom. The number of fused-ring (bicyclic) bond motifs is 1. The lowest BCUT2D eigenvalue weighted by Crippen LogP contribution is -2.24. The van der Waals surface area contributed by atoms with Crippen LogP contribution in [0, 0.1) is 6.92 Å². The maximum Gasteiger partial charge on any atom is 0.434 e. The number of aryl methyl sites for hydroxylation is 2. The van der Waals surface area contributed by atoms with Crippen LogP contribution < -0.4 is 5.56 Å². The van der Waals surface area contributed by atoms with Crippen molar-refractivity contribution in [3.63, 3.8) is 0 Å². The van der Waals surface area contributed by atoms with Crippen molar-refractivity contribution in [1.29, 1.82) is 0 Å². The maximum absolute atomic E-state index is 13.9. The van der Waals surface area contributed by atoms with Crippen LogP contribution in [0.15, 0.2) is 47.8 Å². The number of rotatable bonds is 4. The summed E-state index contributed by atoms with van der Waals surface area (Å²) in [6.07, 6.45) is -6.05. The van der Waals surface area contributed by atoms with E-state index < -0.39 is 42.1 Å². The number of hydrogen-bond donors (Lipinski definition) is 0. The van der Waals surface area contributed by atoms with Crippen LogP contribution in [0.1, 0.15) is 17.8 Å². The van der Waals surface area contributed by atoms with Gasteiger partial charge >= 0.3 is 12.4 Å². The Labute approximate surface area is 175 Å². The molecule has 4 aromatic rings. The first kappa shape index (κ1) is 21.6. The summed E-state index contributed by atoms with van der Waals surface area (Å²) in [4.78, 5) is 20.9. The molecule has 0 spiro atoms. The quantitative estimate of drug-likeness (QED) is 0.435. The van der Waals surface area contributed by atoms with E-state index in [0.717, 1.165) is 21.5 Å². The van der Waals surface area contributed by atoms with E-state index in [1.165, 1.54) is 17.0 Å². The van der Waals surface area contributed by atoms with Gasteiger partial charge in [0.15, 0.2) is 5.69 Å². The van der Waals surface area contributed by atoms with Crippen LogP contribution in [0.4, 0.5) is 26.3 Å². The highest BCUT2D eigenvalue weighted by Gasteiger charge is 2.39. The lowest BCUT2D eigenvalue weighted by Gasteiger charge is -2.12. The Bertz CT molecular complexity index is 1330. The lowest BCUT2D eigenvalue weighted by atomic mass is 10.1. The molecule has 4 rings (SSSR count). The van der Waals surface area contributed by atoms with Gasteiger partial charge in [-0.05, 0) is 19.1 Å². The second-order valence-corrected chi connectivity index (χ2v) is 6.96. The third-order valence-electron chi connectivity index (χ3n) is 4.66. The SMILES string of the molecule is Cc1cn2c(=O)c(-c3cnn(CCC(F)(F)F)c3)c(C(F)(F)F)nc2n1-c1ccccn1. The Kier molecular flexibility index (Phi) is 5.06. The second-order valence-electron chi connectivity index (χ2n) is 6.96. The summed E-state index contributed by atoms with van der Waals surface area (Å²) in [6, 6.07) is 4.80. The molecule has 4 heterocycles. The predicted molar refractivity (Wildman–Crippen MR) is 100 cm³/mol. The minimum atomic E-state index is -5.01. The fourth-order valence-corrected chi connectivity index (χ4v) is 3.29. The first-order valence-electron chi connectivity index (χ1n) is 9.18. The first-order chi connectivity index (χ1) is 15.0. The average molecular weight is 456 g/mol. The molecule has 7 nitrogen and oxygen atoms in total. The van der Waals surface area contributed by atoms with Crippen molar-refractivity contribution < 1.29 is 26.3 Å². The van der Waals surface area contributed by atoms with Crippen LogP contribution in [0.25, 0.3) is 22.7 Å². The van der Waals surface area contributed by atoms with Gasteiger partial charge in [-0.2, -0.15) is 31.4 Å². The fourth-order valence-electron chi connectivity index (χ4n) is 3.29. The van der Waals surface area contributed by atoms with Crippen molar-refractivity contribution in [2.45, 2.75) is 32.2 Å². The molecule has 168 valence electrons. The summed E-state index contributed by atoms with van der Waals surface area (Å²) in [5.41, 5.74) is -3.18. The molecule has 4 aromatic heterocycles. The lowest BCUT2D eigenvalue weighted by molar-refractivity contribution is -0.140. The number of hydrogen-bond acceptors (Lipinski definition) is 4. The summed E-state index contributed by atoms with van der Waals surface area (Å²) < 4.78 is 82.1. The Morgan fingerprint density at radius 3 is 2.44 bits per heavy atom. The predicted octanol–water partition coefficient (Wildman–Crippen LogP) is 4.02. The summed E-state index contributed by atoms with van der Waals surface area (Å²) in [5, 5.41) is 3.67. The monoisotopic (exact) mass is 456 g/mol. The summed E-state index contributed by atoms with van der Waals surface area (Å²) in [7, 11) is 0. The van der Waals surface area contributed by atoms with Crippen molar-refractivity contribution >= 4 is 5.78 Å². The Balaban J connectivity index is 1.92. The zero-order valence-electron chi connectivity index (χ0n) is 16.3. The van der Waals surface area contributed by atoms with E-state index in [-0.39, 0.29) is 17.2 Å². The molecule has 0 saturated carbocycles. The normalized spacial score (nSPS) is 12.6. The van der Waals surface area contributed by atoms with Crippen molar-refractivity contribution in [3.05, 3.63) is 64.7 Å². The van der Waals surface area contributed by atoms with Gasteiger partial charge in [0.1, 0.15) is 5.82 Å². The Morgan fingerprint density at radius 2 is 1.81 bits per heavy atom. The molecule has 13 heteroatoms. The molecular weight excluding hydrogens is 442 g/mol. The van der Waals surface area contributed by atoms with Gasteiger partial charge in [0.2, 0.25) is 5.78 Å². The van der Waals surface area contributed by atoms with E-state index in [4.69, 9.17) is 0 Å². The topological polar surface area (TPSA) is 70.0 Å². The number of halogens is 6. The molecule has 32 heavy (non-hydrogen) atoms. The fraction of sp³-hybridized carbons (Fsp3) is 0.263. The van der Waals surface area contributed by atoms with Gasteiger partial charge in [0, 0.05) is 36.4 Å². The highest BCUT2D eigenvalue weighted by molar-refractivity contribution is 5.66. The molecule has 0 saturated heterocycles. The van der Waals surface area contributed by atoms with Gasteiger partial charge < -0.3 is 0 Å². The summed E-state index contributed by atoms with van der Waals surface area (Å²) in [5.74, 6) is -0.0352. The van der Waals surface area contributed by atoms with E-state index in [2.05, 4.69) is 15.1 Å². The molecule has 0 radical (unpaired) electrons. The van der Waals surface area contributed by atoms with E-state index >= 15 is 0 Å². The number of imidazole rings is 1. The zero-order valence-corrected chi connectivity index (χ0v) is 16.3. The van der Waals surface area contributed by atoms with Crippen LogP contribution in [0.3, 0.4) is 0 Å². The number of pyridine rings is 1. The molecule has 0 aliphatic heterocycles. The Hall–Kier alpha value is -3.64. The van der Waals surface area contributed by atoms with E-state index in [1.807, 2.05) is 0 Å². The number of nitrogens with zero attached hydrogens (tertiary/aromatic N) is 6. The van der Waals surface area contributed by atoms with Crippen molar-refractivity contribution in [2.75, 3.05) is 0 Å². The van der Waals surface area contributed by atoms with Gasteiger partial charge in [-0.15, -0.1) is 0 Å². The molecule has 0 unspecified atom stereocenters. The summed E-state index contributed by atoms with van der Waals surface area (Å²) >= 11 is 0. The van der Waals surface area contributed by atoms with Crippen molar-refractivity contribution in [1.82, 2.24) is 28.7 Å². The third-order valence-corrected chi connectivity index (χ3v) is 4.66. The van der Waals surface area contributed by atoms with Gasteiger partial charge in [-0.1, -0.05) is 6.07 Å². The highest BCUT2D eigenvalue weighted by Crippen LogP contribution is 2.34. The second kappa shape index (κ2) is 7.50. The van der Waals surface area contributed by atoms with E-state index in [1.54, 1.807) is 25.1 Å². The van der Waals surface area contributed by atoms with Crippen LogP contribution >= 0.6 is 0 Å². The minimum absolute atomic E-state index is 0.264. The van der Waals surface area contributed by atoms with E-state index in [9.17, 15) is 31.1 Å². The smallest absolute Gasteiger partial charge is 0.272 e. The molecule has 0 N–H and O–H groups in total. The zero-order chi connectivity index (χ0) is 23.3. The van der Waals surface area contributed by atoms with Gasteiger partial charge in [-0.25, -0.2) is 9.97 Å². The molecule has 0 fully saturated rings. The van der Waals surface area contributed by atoms with E-state index in [0.29, 0.717) is 5.69 Å². The van der Waals surface area contributed by atoms with Crippen LogP contribution in [0.5, 0.6) is 0 Å². The van der Waals surface area contributed by atoms with Crippen LogP contribution in [-0.2, 0) is 12.7 Å². The first-order valence-corrected chi connectivity index (χ1v) is 9.18. The van der Waals surface area contributed by atoms with Gasteiger partial charge in [0.05, 0.1) is 18.2 Å². The van der Waals surface area contributed by atoms with Gasteiger partial charge in [-0.3, -0.25) is 18.4 Å².